The van der Waals surface area contributed by atoms with Crippen molar-refractivity contribution in [3.63, 3.8) is 0 Å². The lowest BCUT2D eigenvalue weighted by Crippen LogP contribution is -2.38. The average molecular weight is 376 g/mol. The van der Waals surface area contributed by atoms with Gasteiger partial charge in [0, 0.05) is 11.4 Å². The molecule has 0 aliphatic carbocycles. The number of rotatable bonds is 6. The van der Waals surface area contributed by atoms with E-state index in [0.29, 0.717) is 14.8 Å². The van der Waals surface area contributed by atoms with Gasteiger partial charge in [-0.05, 0) is 36.8 Å². The van der Waals surface area contributed by atoms with Gasteiger partial charge in [-0.1, -0.05) is 23.7 Å². The van der Waals surface area contributed by atoms with Crippen molar-refractivity contribution in [1.29, 1.82) is 0 Å². The van der Waals surface area contributed by atoms with E-state index >= 15 is 0 Å². The Balaban J connectivity index is 1.96. The number of sulfone groups is 1. The number of carbonyl (C=O) groups is 1. The average Bonchev–Trinajstić information content (AvgIpc) is 2.90. The van der Waals surface area contributed by atoms with Crippen molar-refractivity contribution in [3.8, 4) is 0 Å². The SMILES string of the molecule is CC(C(=O)NCc1ccc(F)cc1)S(=O)(=O)Cc1ccc(Cl)s1. The predicted octanol–water partition coefficient (Wildman–Crippen LogP) is 3.16. The van der Waals surface area contributed by atoms with Crippen molar-refractivity contribution in [2.24, 2.45) is 0 Å². The first kappa shape index (κ1) is 17.9. The third-order valence-electron chi connectivity index (χ3n) is 3.26. The third kappa shape index (κ3) is 5.02. The van der Waals surface area contributed by atoms with E-state index in [1.165, 1.54) is 42.5 Å². The molecule has 1 unspecified atom stereocenters. The van der Waals surface area contributed by atoms with E-state index in [1.807, 2.05) is 0 Å². The quantitative estimate of drug-likeness (QED) is 0.843. The maximum absolute atomic E-state index is 12.8. The van der Waals surface area contributed by atoms with Crippen molar-refractivity contribution >= 4 is 38.7 Å². The summed E-state index contributed by atoms with van der Waals surface area (Å²) >= 11 is 6.95. The van der Waals surface area contributed by atoms with Crippen LogP contribution in [0.25, 0.3) is 0 Å². The molecule has 0 aliphatic rings. The molecule has 2 rings (SSSR count). The summed E-state index contributed by atoms with van der Waals surface area (Å²) in [7, 11) is -3.63. The minimum Gasteiger partial charge on any atom is -0.351 e. The zero-order chi connectivity index (χ0) is 17.0. The zero-order valence-electron chi connectivity index (χ0n) is 12.3. The lowest BCUT2D eigenvalue weighted by Gasteiger charge is -2.13. The molecule has 0 fully saturated rings. The van der Waals surface area contributed by atoms with Gasteiger partial charge in [0.1, 0.15) is 11.1 Å². The molecule has 124 valence electrons. The molecule has 1 atom stereocenters. The van der Waals surface area contributed by atoms with Gasteiger partial charge in [-0.3, -0.25) is 4.79 Å². The van der Waals surface area contributed by atoms with Crippen molar-refractivity contribution in [2.75, 3.05) is 0 Å². The minimum absolute atomic E-state index is 0.143. The van der Waals surface area contributed by atoms with Gasteiger partial charge < -0.3 is 5.32 Å². The number of carbonyl (C=O) groups excluding carboxylic acids is 1. The number of hydrogen-bond acceptors (Lipinski definition) is 4. The van der Waals surface area contributed by atoms with Crippen LogP contribution in [-0.2, 0) is 26.9 Å². The molecule has 0 spiro atoms. The summed E-state index contributed by atoms with van der Waals surface area (Å²) < 4.78 is 37.8. The lowest BCUT2D eigenvalue weighted by atomic mass is 10.2. The fourth-order valence-corrected chi connectivity index (χ4v) is 4.61. The Morgan fingerprint density at radius 1 is 1.26 bits per heavy atom. The molecule has 0 aliphatic heterocycles. The topological polar surface area (TPSA) is 63.2 Å². The molecule has 2 aromatic rings. The number of halogens is 2. The summed E-state index contributed by atoms with van der Waals surface area (Å²) in [4.78, 5) is 12.6. The Bertz CT molecular complexity index is 787. The first-order valence-electron chi connectivity index (χ1n) is 6.76. The summed E-state index contributed by atoms with van der Waals surface area (Å²) in [6.45, 7) is 1.49. The molecule has 8 heteroatoms. The molecule has 0 radical (unpaired) electrons. The molecule has 0 saturated heterocycles. The molecule has 1 aromatic heterocycles. The highest BCUT2D eigenvalue weighted by Gasteiger charge is 2.28. The Morgan fingerprint density at radius 3 is 2.48 bits per heavy atom. The molecule has 0 bridgehead atoms. The zero-order valence-corrected chi connectivity index (χ0v) is 14.6. The van der Waals surface area contributed by atoms with Crippen LogP contribution in [0.3, 0.4) is 0 Å². The highest BCUT2D eigenvalue weighted by atomic mass is 35.5. The maximum Gasteiger partial charge on any atom is 0.238 e. The third-order valence-corrected chi connectivity index (χ3v) is 6.68. The molecular formula is C15H15ClFNO3S2. The lowest BCUT2D eigenvalue weighted by molar-refractivity contribution is -0.120. The van der Waals surface area contributed by atoms with Crippen LogP contribution in [0.5, 0.6) is 0 Å². The fourth-order valence-electron chi connectivity index (χ4n) is 1.85. The van der Waals surface area contributed by atoms with Crippen LogP contribution in [0, 0.1) is 5.82 Å². The normalized spacial score (nSPS) is 12.8. The predicted molar refractivity (Wildman–Crippen MR) is 89.7 cm³/mol. The maximum atomic E-state index is 12.8. The number of nitrogens with one attached hydrogen (secondary N) is 1. The van der Waals surface area contributed by atoms with E-state index in [9.17, 15) is 17.6 Å². The molecule has 1 heterocycles. The van der Waals surface area contributed by atoms with Crippen LogP contribution in [-0.4, -0.2) is 19.6 Å². The molecule has 1 N–H and O–H groups in total. The van der Waals surface area contributed by atoms with Crippen LogP contribution < -0.4 is 5.32 Å². The number of amides is 1. The first-order valence-corrected chi connectivity index (χ1v) is 9.67. The summed E-state index contributed by atoms with van der Waals surface area (Å²) in [5.41, 5.74) is 0.689. The molecule has 0 saturated carbocycles. The highest BCUT2D eigenvalue weighted by Crippen LogP contribution is 2.24. The van der Waals surface area contributed by atoms with E-state index in [-0.39, 0.29) is 18.1 Å². The van der Waals surface area contributed by atoms with Crippen LogP contribution in [0.15, 0.2) is 36.4 Å². The minimum atomic E-state index is -3.63. The van der Waals surface area contributed by atoms with E-state index in [2.05, 4.69) is 5.32 Å². The van der Waals surface area contributed by atoms with Gasteiger partial charge in [0.25, 0.3) is 0 Å². The fraction of sp³-hybridized carbons (Fsp3) is 0.267. The van der Waals surface area contributed by atoms with Crippen molar-refractivity contribution in [2.45, 2.75) is 24.5 Å². The second-order valence-electron chi connectivity index (χ2n) is 5.00. The van der Waals surface area contributed by atoms with E-state index in [4.69, 9.17) is 11.6 Å². The van der Waals surface area contributed by atoms with Gasteiger partial charge >= 0.3 is 0 Å². The summed E-state index contributed by atoms with van der Waals surface area (Å²) in [5.74, 6) is -1.18. The number of thiophene rings is 1. The van der Waals surface area contributed by atoms with Crippen molar-refractivity contribution in [3.05, 3.63) is 57.0 Å². The number of benzene rings is 1. The van der Waals surface area contributed by atoms with Crippen LogP contribution in [0.4, 0.5) is 4.39 Å². The van der Waals surface area contributed by atoms with E-state index in [0.717, 1.165) is 0 Å². The molecule has 1 amide bonds. The van der Waals surface area contributed by atoms with Gasteiger partial charge in [0.2, 0.25) is 5.91 Å². The molecule has 1 aromatic carbocycles. The smallest absolute Gasteiger partial charge is 0.238 e. The molecule has 23 heavy (non-hydrogen) atoms. The summed E-state index contributed by atoms with van der Waals surface area (Å²) in [6.07, 6.45) is 0. The standard InChI is InChI=1S/C15H15ClFNO3S2/c1-10(23(20,21)9-13-6-7-14(16)22-13)15(19)18-8-11-2-4-12(17)5-3-11/h2-7,10H,8-9H2,1H3,(H,18,19). The first-order chi connectivity index (χ1) is 10.8. The van der Waals surface area contributed by atoms with E-state index in [1.54, 1.807) is 12.1 Å². The van der Waals surface area contributed by atoms with Gasteiger partial charge in [-0.2, -0.15) is 0 Å². The van der Waals surface area contributed by atoms with Crippen molar-refractivity contribution in [1.82, 2.24) is 5.32 Å². The number of hydrogen-bond donors (Lipinski definition) is 1. The summed E-state index contributed by atoms with van der Waals surface area (Å²) in [5, 5.41) is 1.38. The Morgan fingerprint density at radius 2 is 1.91 bits per heavy atom. The van der Waals surface area contributed by atoms with Gasteiger partial charge in [-0.15, -0.1) is 11.3 Å². The van der Waals surface area contributed by atoms with Crippen LogP contribution in [0.2, 0.25) is 4.34 Å². The van der Waals surface area contributed by atoms with Gasteiger partial charge in [0.05, 0.1) is 10.1 Å². The largest absolute Gasteiger partial charge is 0.351 e. The van der Waals surface area contributed by atoms with E-state index < -0.39 is 21.0 Å². The molecule has 4 nitrogen and oxygen atoms in total. The Labute approximate surface area is 143 Å². The summed E-state index contributed by atoms with van der Waals surface area (Å²) in [6, 6.07) is 8.87. The second-order valence-corrected chi connectivity index (χ2v) is 9.12. The Hall–Kier alpha value is -1.44. The van der Waals surface area contributed by atoms with Crippen LogP contribution in [0.1, 0.15) is 17.4 Å². The van der Waals surface area contributed by atoms with Crippen LogP contribution >= 0.6 is 22.9 Å². The molecular weight excluding hydrogens is 361 g/mol. The second kappa shape index (κ2) is 7.42. The van der Waals surface area contributed by atoms with Crippen molar-refractivity contribution < 1.29 is 17.6 Å². The monoisotopic (exact) mass is 375 g/mol. The Kier molecular flexibility index (Phi) is 5.78. The van der Waals surface area contributed by atoms with Gasteiger partial charge in [0.15, 0.2) is 9.84 Å². The van der Waals surface area contributed by atoms with Gasteiger partial charge in [-0.25, -0.2) is 12.8 Å². The highest BCUT2D eigenvalue weighted by molar-refractivity contribution is 7.92.